The van der Waals surface area contributed by atoms with Gasteiger partial charge in [-0.3, -0.25) is 0 Å². The van der Waals surface area contributed by atoms with E-state index in [9.17, 15) is 0 Å². The summed E-state index contributed by atoms with van der Waals surface area (Å²) < 4.78 is 6.00. The molecule has 0 radical (unpaired) electrons. The lowest BCUT2D eigenvalue weighted by molar-refractivity contribution is 0.00102. The van der Waals surface area contributed by atoms with Gasteiger partial charge in [0.1, 0.15) is 5.75 Å². The maximum atomic E-state index is 8.63. The van der Waals surface area contributed by atoms with Crippen molar-refractivity contribution in [2.45, 2.75) is 44.8 Å². The molecule has 0 saturated heterocycles. The molecule has 2 aromatic carbocycles. The van der Waals surface area contributed by atoms with Crippen molar-refractivity contribution in [3.05, 3.63) is 66.2 Å². The van der Waals surface area contributed by atoms with Gasteiger partial charge in [-0.15, -0.1) is 0 Å². The van der Waals surface area contributed by atoms with E-state index in [-0.39, 0.29) is 6.10 Å². The van der Waals surface area contributed by atoms with Crippen molar-refractivity contribution < 1.29 is 9.84 Å². The number of phenols is 1. The Kier molecular flexibility index (Phi) is 6.29. The average molecular weight is 284 g/mol. The molecule has 1 unspecified atom stereocenters. The third-order valence-corrected chi connectivity index (χ3v) is 3.72. The molecule has 0 aromatic heterocycles. The van der Waals surface area contributed by atoms with E-state index in [1.54, 1.807) is 24.3 Å². The molecular weight excluding hydrogens is 260 g/mol. The van der Waals surface area contributed by atoms with Crippen LogP contribution in [-0.4, -0.2) is 11.2 Å². The minimum atomic E-state index is 0.249. The highest BCUT2D eigenvalue weighted by atomic mass is 16.5. The minimum absolute atomic E-state index is 0.249. The largest absolute Gasteiger partial charge is 0.508 e. The zero-order valence-corrected chi connectivity index (χ0v) is 12.6. The number of aromatic hydroxyl groups is 1. The molecule has 1 saturated carbocycles. The smallest absolute Gasteiger partial charge is 0.115 e. The van der Waals surface area contributed by atoms with Crippen LogP contribution in [0.4, 0.5) is 0 Å². The van der Waals surface area contributed by atoms with E-state index in [1.807, 2.05) is 12.1 Å². The normalized spacial score (nSPS) is 16.0. The van der Waals surface area contributed by atoms with E-state index in [2.05, 4.69) is 31.2 Å². The maximum Gasteiger partial charge on any atom is 0.115 e. The topological polar surface area (TPSA) is 29.5 Å². The van der Waals surface area contributed by atoms with Crippen LogP contribution in [-0.2, 0) is 4.74 Å². The van der Waals surface area contributed by atoms with Crippen LogP contribution in [0.1, 0.15) is 44.3 Å². The first-order chi connectivity index (χ1) is 10.3. The number of hydrogen-bond acceptors (Lipinski definition) is 2. The predicted molar refractivity (Wildman–Crippen MR) is 86.3 cm³/mol. The fraction of sp³-hybridized carbons (Fsp3) is 0.368. The van der Waals surface area contributed by atoms with Crippen LogP contribution >= 0.6 is 0 Å². The van der Waals surface area contributed by atoms with E-state index in [0.717, 1.165) is 0 Å². The summed E-state index contributed by atoms with van der Waals surface area (Å²) in [6, 6.07) is 19.2. The quantitative estimate of drug-likeness (QED) is 0.849. The summed E-state index contributed by atoms with van der Waals surface area (Å²) in [5.74, 6) is 0.322. The lowest BCUT2D eigenvalue weighted by Gasteiger charge is -2.18. The molecule has 0 aliphatic heterocycles. The Hall–Kier alpha value is -1.80. The van der Waals surface area contributed by atoms with Crippen molar-refractivity contribution >= 4 is 0 Å². The van der Waals surface area contributed by atoms with Crippen LogP contribution in [0, 0.1) is 0 Å². The van der Waals surface area contributed by atoms with Crippen LogP contribution in [0.2, 0.25) is 0 Å². The monoisotopic (exact) mass is 284 g/mol. The maximum absolute atomic E-state index is 8.63. The Bertz CT molecular complexity index is 489. The Morgan fingerprint density at radius 2 is 1.43 bits per heavy atom. The molecule has 1 N–H and O–H groups in total. The van der Waals surface area contributed by atoms with Gasteiger partial charge in [-0.2, -0.15) is 0 Å². The van der Waals surface area contributed by atoms with Crippen LogP contribution < -0.4 is 0 Å². The molecule has 0 bridgehead atoms. The van der Waals surface area contributed by atoms with Gasteiger partial charge in [-0.1, -0.05) is 61.4 Å². The van der Waals surface area contributed by atoms with Crippen molar-refractivity contribution in [3.8, 4) is 5.75 Å². The summed E-state index contributed by atoms with van der Waals surface area (Å²) in [6.07, 6.45) is 5.93. The van der Waals surface area contributed by atoms with Gasteiger partial charge in [0, 0.05) is 0 Å². The minimum Gasteiger partial charge on any atom is -0.508 e. The summed E-state index contributed by atoms with van der Waals surface area (Å²) in [5, 5.41) is 8.63. The Balaban J connectivity index is 0.000000194. The highest BCUT2D eigenvalue weighted by Crippen LogP contribution is 2.27. The summed E-state index contributed by atoms with van der Waals surface area (Å²) >= 11 is 0. The van der Waals surface area contributed by atoms with Crippen LogP contribution in [0.5, 0.6) is 5.75 Å². The van der Waals surface area contributed by atoms with Gasteiger partial charge in [-0.05, 0) is 37.5 Å². The van der Waals surface area contributed by atoms with Crippen molar-refractivity contribution in [1.82, 2.24) is 0 Å². The number of hydrogen-bond donors (Lipinski definition) is 1. The second-order valence-corrected chi connectivity index (χ2v) is 5.43. The van der Waals surface area contributed by atoms with Crippen molar-refractivity contribution in [3.63, 3.8) is 0 Å². The molecular formula is C19H24O2. The summed E-state index contributed by atoms with van der Waals surface area (Å²) in [5.41, 5.74) is 1.29. The number of ether oxygens (including phenoxy) is 1. The molecule has 0 spiro atoms. The second-order valence-electron chi connectivity index (χ2n) is 5.43. The molecule has 1 atom stereocenters. The number of rotatable bonds is 3. The Morgan fingerprint density at radius 1 is 0.905 bits per heavy atom. The van der Waals surface area contributed by atoms with E-state index < -0.39 is 0 Å². The van der Waals surface area contributed by atoms with Gasteiger partial charge >= 0.3 is 0 Å². The lowest BCUT2D eigenvalue weighted by atomic mass is 10.1. The molecule has 3 rings (SSSR count). The predicted octanol–water partition coefficient (Wildman–Crippen LogP) is 5.10. The molecule has 2 heteroatoms. The lowest BCUT2D eigenvalue weighted by Crippen LogP contribution is -2.10. The van der Waals surface area contributed by atoms with E-state index in [4.69, 9.17) is 9.84 Å². The van der Waals surface area contributed by atoms with Gasteiger partial charge in [0.2, 0.25) is 0 Å². The molecule has 0 heterocycles. The number of benzene rings is 2. The van der Waals surface area contributed by atoms with Gasteiger partial charge in [0.05, 0.1) is 12.2 Å². The first-order valence-corrected chi connectivity index (χ1v) is 7.70. The van der Waals surface area contributed by atoms with Gasteiger partial charge in [0.25, 0.3) is 0 Å². The van der Waals surface area contributed by atoms with Crippen LogP contribution in [0.3, 0.4) is 0 Å². The number of para-hydroxylation sites is 1. The van der Waals surface area contributed by atoms with Gasteiger partial charge in [-0.25, -0.2) is 0 Å². The molecule has 112 valence electrons. The summed E-state index contributed by atoms with van der Waals surface area (Å²) in [6.45, 7) is 2.15. The first kappa shape index (κ1) is 15.6. The zero-order chi connectivity index (χ0) is 14.9. The van der Waals surface area contributed by atoms with Gasteiger partial charge in [0.15, 0.2) is 0 Å². The fourth-order valence-corrected chi connectivity index (χ4v) is 2.54. The van der Waals surface area contributed by atoms with Gasteiger partial charge < -0.3 is 9.84 Å². The first-order valence-electron chi connectivity index (χ1n) is 7.70. The molecule has 2 aromatic rings. The van der Waals surface area contributed by atoms with Crippen LogP contribution in [0.15, 0.2) is 60.7 Å². The molecule has 1 aliphatic carbocycles. The molecule has 21 heavy (non-hydrogen) atoms. The average Bonchev–Trinajstić information content (AvgIpc) is 3.02. The third-order valence-electron chi connectivity index (χ3n) is 3.72. The Labute approximate surface area is 127 Å². The van der Waals surface area contributed by atoms with Crippen molar-refractivity contribution in [1.29, 1.82) is 0 Å². The second kappa shape index (κ2) is 8.48. The molecule has 1 aliphatic rings. The highest BCUT2D eigenvalue weighted by molar-refractivity contribution is 5.18. The highest BCUT2D eigenvalue weighted by Gasteiger charge is 2.18. The summed E-state index contributed by atoms with van der Waals surface area (Å²) in [7, 11) is 0. The molecule has 1 fully saturated rings. The van der Waals surface area contributed by atoms with Crippen molar-refractivity contribution in [2.75, 3.05) is 0 Å². The standard InChI is InChI=1S/C13H18O.C6H6O/c1-11(12-7-3-2-4-8-12)14-13-9-5-6-10-13;7-6-4-2-1-3-5-6/h2-4,7-8,11,13H,5-6,9-10H2,1H3;1-5,7H. The van der Waals surface area contributed by atoms with E-state index in [1.165, 1.54) is 31.2 Å². The fourth-order valence-electron chi connectivity index (χ4n) is 2.54. The third kappa shape index (κ3) is 5.60. The van der Waals surface area contributed by atoms with Crippen molar-refractivity contribution in [2.24, 2.45) is 0 Å². The van der Waals surface area contributed by atoms with Crippen LogP contribution in [0.25, 0.3) is 0 Å². The van der Waals surface area contributed by atoms with E-state index in [0.29, 0.717) is 11.9 Å². The molecule has 2 nitrogen and oxygen atoms in total. The molecule has 0 amide bonds. The van der Waals surface area contributed by atoms with E-state index >= 15 is 0 Å². The SMILES string of the molecule is CC(OC1CCCC1)c1ccccc1.Oc1ccccc1. The number of phenolic OH excluding ortho intramolecular Hbond substituents is 1. The zero-order valence-electron chi connectivity index (χ0n) is 12.6. The Morgan fingerprint density at radius 3 is 1.90 bits per heavy atom. The summed E-state index contributed by atoms with van der Waals surface area (Å²) in [4.78, 5) is 0.